The maximum atomic E-state index is 9.79. The number of anilines is 1. The summed E-state index contributed by atoms with van der Waals surface area (Å²) in [5, 5.41) is 40.9. The summed E-state index contributed by atoms with van der Waals surface area (Å²) < 4.78 is 5.29. The lowest BCUT2D eigenvalue weighted by molar-refractivity contribution is -0.363. The highest BCUT2D eigenvalue weighted by Crippen LogP contribution is 2.21. The van der Waals surface area contributed by atoms with E-state index in [1.54, 1.807) is 24.4 Å². The fourth-order valence-corrected chi connectivity index (χ4v) is 1.86. The summed E-state index contributed by atoms with van der Waals surface area (Å²) in [7, 11) is 0. The van der Waals surface area contributed by atoms with Gasteiger partial charge in [0.15, 0.2) is 0 Å². The molecular weight excluding hydrogens is 240 g/mol. The minimum absolute atomic E-state index is 0.443. The van der Waals surface area contributed by atoms with Gasteiger partial charge in [-0.05, 0) is 6.07 Å². The maximum absolute atomic E-state index is 9.79. The van der Waals surface area contributed by atoms with Crippen molar-refractivity contribution in [2.75, 3.05) is 11.9 Å². The second-order valence-corrected chi connectivity index (χ2v) is 4.17. The molecule has 1 fully saturated rings. The largest absolute Gasteiger partial charge is 0.394 e. The second-order valence-electron chi connectivity index (χ2n) is 4.17. The van der Waals surface area contributed by atoms with Gasteiger partial charge >= 0.3 is 0 Å². The third-order valence-corrected chi connectivity index (χ3v) is 2.90. The summed E-state index contributed by atoms with van der Waals surface area (Å²) >= 11 is 0. The average Bonchev–Trinajstić information content (AvgIpc) is 2.40. The van der Waals surface area contributed by atoms with Gasteiger partial charge in [0.05, 0.1) is 12.8 Å². The Bertz CT molecular complexity index is 375. The zero-order valence-corrected chi connectivity index (χ0v) is 9.60. The van der Waals surface area contributed by atoms with Crippen LogP contribution in [0, 0.1) is 0 Å². The molecule has 0 spiro atoms. The first kappa shape index (κ1) is 13.2. The highest BCUT2D eigenvalue weighted by Gasteiger charge is 2.45. The third-order valence-electron chi connectivity index (χ3n) is 2.90. The molecule has 18 heavy (non-hydrogen) atoms. The van der Waals surface area contributed by atoms with E-state index in [0.29, 0.717) is 5.82 Å². The average molecular weight is 257 g/mol. The quantitative estimate of drug-likeness (QED) is 0.416. The van der Waals surface area contributed by atoms with E-state index in [1.807, 2.05) is 0 Å². The molecule has 7 nitrogen and oxygen atoms in total. The summed E-state index contributed by atoms with van der Waals surface area (Å²) in [4.78, 5) is 2.89. The monoisotopic (exact) mass is 257 g/mol. The predicted molar refractivity (Wildman–Crippen MR) is 60.4 cm³/mol. The predicted octanol–water partition coefficient (Wildman–Crippen LogP) is -2.29. The second kappa shape index (κ2) is 5.59. The van der Waals surface area contributed by atoms with Crippen molar-refractivity contribution in [1.29, 1.82) is 0 Å². The van der Waals surface area contributed by atoms with Crippen molar-refractivity contribution < 1.29 is 30.1 Å². The van der Waals surface area contributed by atoms with Gasteiger partial charge in [0.1, 0.15) is 24.4 Å². The molecule has 0 unspecified atom stereocenters. The fourth-order valence-electron chi connectivity index (χ4n) is 1.86. The Morgan fingerprint density at radius 3 is 2.56 bits per heavy atom. The molecule has 0 amide bonds. The molecule has 2 rings (SSSR count). The van der Waals surface area contributed by atoms with Crippen LogP contribution in [-0.2, 0) is 4.74 Å². The minimum atomic E-state index is -1.38. The molecule has 7 heteroatoms. The molecule has 6 N–H and O–H groups in total. The van der Waals surface area contributed by atoms with Crippen LogP contribution in [0.2, 0.25) is 0 Å². The lowest BCUT2D eigenvalue weighted by Gasteiger charge is -2.37. The Hall–Kier alpha value is -1.25. The molecular formula is C11H17N2O5+. The van der Waals surface area contributed by atoms with Crippen LogP contribution in [-0.4, -0.2) is 57.7 Å². The number of nitrogens with one attached hydrogen (secondary N) is 2. The smallest absolute Gasteiger partial charge is 0.274 e. The molecule has 1 aromatic rings. The first-order valence-corrected chi connectivity index (χ1v) is 5.67. The number of hydrogen-bond donors (Lipinski definition) is 5. The van der Waals surface area contributed by atoms with Crippen LogP contribution >= 0.6 is 0 Å². The van der Waals surface area contributed by atoms with E-state index in [9.17, 15) is 15.3 Å². The van der Waals surface area contributed by atoms with Crippen LogP contribution in [0.25, 0.3) is 0 Å². The Labute approximate surface area is 104 Å². The van der Waals surface area contributed by atoms with Gasteiger partial charge in [0, 0.05) is 6.07 Å². The van der Waals surface area contributed by atoms with Gasteiger partial charge in [-0.1, -0.05) is 6.07 Å². The number of aromatic amines is 1. The Morgan fingerprint density at radius 2 is 1.94 bits per heavy atom. The first-order chi connectivity index (χ1) is 8.63. The van der Waals surface area contributed by atoms with Gasteiger partial charge < -0.3 is 25.2 Å². The molecule has 1 aromatic heterocycles. The number of rotatable bonds is 3. The van der Waals surface area contributed by atoms with Crippen molar-refractivity contribution in [3.63, 3.8) is 0 Å². The van der Waals surface area contributed by atoms with Crippen LogP contribution in [0.3, 0.4) is 0 Å². The lowest BCUT2D eigenvalue weighted by Crippen LogP contribution is -2.60. The number of aromatic nitrogens is 1. The molecule has 0 aromatic carbocycles. The number of H-pyrrole nitrogens is 1. The van der Waals surface area contributed by atoms with Gasteiger partial charge in [0.25, 0.3) is 5.82 Å². The van der Waals surface area contributed by atoms with Crippen molar-refractivity contribution in [2.24, 2.45) is 0 Å². The van der Waals surface area contributed by atoms with Gasteiger partial charge in [0.2, 0.25) is 6.23 Å². The topological polar surface area (TPSA) is 116 Å². The number of aliphatic hydroxyl groups excluding tert-OH is 4. The molecule has 1 aliphatic rings. The summed E-state index contributed by atoms with van der Waals surface area (Å²) in [6.45, 7) is -0.443. The first-order valence-electron chi connectivity index (χ1n) is 5.67. The summed E-state index contributed by atoms with van der Waals surface area (Å²) in [5.74, 6) is 0.585. The molecule has 5 atom stereocenters. The van der Waals surface area contributed by atoms with E-state index in [4.69, 9.17) is 9.84 Å². The molecule has 2 heterocycles. The third kappa shape index (κ3) is 2.60. The van der Waals surface area contributed by atoms with Crippen molar-refractivity contribution in [3.05, 3.63) is 24.4 Å². The highest BCUT2D eigenvalue weighted by molar-refractivity contribution is 5.28. The normalized spacial score (nSPS) is 36.3. The summed E-state index contributed by atoms with van der Waals surface area (Å²) in [6, 6.07) is 5.29. The van der Waals surface area contributed by atoms with E-state index in [2.05, 4.69) is 10.3 Å². The maximum Gasteiger partial charge on any atom is 0.274 e. The van der Waals surface area contributed by atoms with Gasteiger partial charge in [-0.15, -0.1) is 0 Å². The Balaban J connectivity index is 2.08. The number of ether oxygens (including phenoxy) is 1. The van der Waals surface area contributed by atoms with Crippen LogP contribution in [0.4, 0.5) is 5.82 Å². The lowest BCUT2D eigenvalue weighted by atomic mass is 9.98. The van der Waals surface area contributed by atoms with Crippen LogP contribution in [0.15, 0.2) is 24.4 Å². The van der Waals surface area contributed by atoms with Crippen molar-refractivity contribution >= 4 is 5.82 Å². The van der Waals surface area contributed by atoms with Gasteiger partial charge in [-0.3, -0.25) is 0 Å². The molecule has 1 aliphatic heterocycles. The molecule has 0 radical (unpaired) electrons. The van der Waals surface area contributed by atoms with Crippen LogP contribution in [0.5, 0.6) is 0 Å². The van der Waals surface area contributed by atoms with Crippen molar-refractivity contribution in [3.8, 4) is 0 Å². The zero-order chi connectivity index (χ0) is 13.1. The highest BCUT2D eigenvalue weighted by atomic mass is 16.6. The van der Waals surface area contributed by atoms with E-state index in [-0.39, 0.29) is 0 Å². The van der Waals surface area contributed by atoms with Gasteiger partial charge in [-0.25, -0.2) is 10.3 Å². The summed E-state index contributed by atoms with van der Waals surface area (Å²) in [6.07, 6.45) is -4.16. The summed E-state index contributed by atoms with van der Waals surface area (Å²) in [5.41, 5.74) is 0. The van der Waals surface area contributed by atoms with Crippen molar-refractivity contribution in [1.82, 2.24) is 0 Å². The van der Waals surface area contributed by atoms with E-state index in [1.165, 1.54) is 0 Å². The SMILES string of the molecule is OC[C@@H]1O[C@@H](Nc2cccc[nH+]2)[C@H](O)[C@H](O)[C@@H]1O. The fraction of sp³-hybridized carbons (Fsp3) is 0.545. The standard InChI is InChI=1S/C11H16N2O5/c14-5-6-8(15)9(16)10(17)11(18-6)13-7-3-1-2-4-12-7/h1-4,6,8-11,14-17H,5H2,(H,12,13)/p+1/t6-,8+,9+,10+,11+/m0/s1. The Kier molecular flexibility index (Phi) is 4.10. The molecule has 1 saturated heterocycles. The molecule has 0 bridgehead atoms. The Morgan fingerprint density at radius 1 is 1.17 bits per heavy atom. The van der Waals surface area contributed by atoms with E-state index < -0.39 is 37.3 Å². The zero-order valence-electron chi connectivity index (χ0n) is 9.60. The molecule has 0 aliphatic carbocycles. The molecule has 100 valence electrons. The van der Waals surface area contributed by atoms with Crippen molar-refractivity contribution in [2.45, 2.75) is 30.6 Å². The number of pyridine rings is 1. The van der Waals surface area contributed by atoms with Gasteiger partial charge in [-0.2, -0.15) is 0 Å². The number of hydrogen-bond acceptors (Lipinski definition) is 6. The van der Waals surface area contributed by atoms with Crippen LogP contribution < -0.4 is 10.3 Å². The van der Waals surface area contributed by atoms with E-state index in [0.717, 1.165) is 0 Å². The van der Waals surface area contributed by atoms with Crippen LogP contribution in [0.1, 0.15) is 0 Å². The minimum Gasteiger partial charge on any atom is -0.394 e. The number of aliphatic hydroxyl groups is 4. The molecule has 0 saturated carbocycles. The van der Waals surface area contributed by atoms with E-state index >= 15 is 0 Å².